The molecular weight excluding hydrogens is 564 g/mol. The normalized spacial score (nSPS) is 20.1. The van der Waals surface area contributed by atoms with Crippen molar-refractivity contribution >= 4 is 26.0 Å². The van der Waals surface area contributed by atoms with Crippen LogP contribution in [0.25, 0.3) is 0 Å². The molecule has 0 aromatic carbocycles. The Kier molecular flexibility index (Phi) is 9.95. The largest absolute Gasteiger partial charge is 0.489 e. The van der Waals surface area contributed by atoms with Crippen LogP contribution in [0.1, 0.15) is 68.7 Å². The highest BCUT2D eigenvalue weighted by atomic mass is 28.4. The summed E-state index contributed by atoms with van der Waals surface area (Å²) in [6.07, 6.45) is 3.73. The van der Waals surface area contributed by atoms with Crippen molar-refractivity contribution in [2.75, 3.05) is 40.9 Å². The minimum absolute atomic E-state index is 0.0311. The highest BCUT2D eigenvalue weighted by Crippen LogP contribution is 2.43. The number of quaternary nitrogens is 1. The standard InChI is InChI=1S/C31H46N6O5Si/c1-31(2,3)43(7,8)41-20-22-16-21-10-9-15-37(30(33)38,28(21)35-27(22)29(39-5)40-6)26-17-25(23(18-32)19-34-26)42-24-11-13-36(4)14-12-24/h16-17,19,24,29H,9-15,20H2,1-8H3,(H-,33,38)/p+1. The third-order valence-corrected chi connectivity index (χ3v) is 13.7. The van der Waals surface area contributed by atoms with Gasteiger partial charge >= 0.3 is 6.03 Å². The molecule has 2 N–H and O–H groups in total. The number of nitrogens with two attached hydrogens (primary N) is 1. The maximum absolute atomic E-state index is 13.5. The van der Waals surface area contributed by atoms with Crippen LogP contribution in [-0.2, 0) is 26.9 Å². The fraction of sp³-hybridized carbons (Fsp3) is 0.613. The number of nitriles is 1. The molecule has 1 atom stereocenters. The molecule has 0 spiro atoms. The van der Waals surface area contributed by atoms with Crippen LogP contribution in [0.4, 0.5) is 16.4 Å². The number of primary amides is 1. The number of likely N-dealkylation sites (tertiary alicyclic amines) is 1. The number of piperidine rings is 1. The molecule has 1 unspecified atom stereocenters. The summed E-state index contributed by atoms with van der Waals surface area (Å²) in [5.74, 6) is 1.25. The zero-order valence-electron chi connectivity index (χ0n) is 26.9. The van der Waals surface area contributed by atoms with Gasteiger partial charge in [-0.25, -0.2) is 9.78 Å². The zero-order valence-corrected chi connectivity index (χ0v) is 27.9. The average molecular weight is 612 g/mol. The van der Waals surface area contributed by atoms with Crippen LogP contribution in [0.2, 0.25) is 18.1 Å². The van der Waals surface area contributed by atoms with Crippen molar-refractivity contribution in [2.45, 2.75) is 83.6 Å². The first kappa shape index (κ1) is 33.0. The van der Waals surface area contributed by atoms with Gasteiger partial charge in [-0.1, -0.05) is 20.8 Å². The molecule has 0 aliphatic carbocycles. The van der Waals surface area contributed by atoms with Gasteiger partial charge in [-0.15, -0.1) is 4.48 Å². The molecule has 2 aliphatic rings. The van der Waals surface area contributed by atoms with Crippen molar-refractivity contribution < 1.29 is 23.4 Å². The van der Waals surface area contributed by atoms with Crippen molar-refractivity contribution in [3.63, 3.8) is 0 Å². The average Bonchev–Trinajstić information content (AvgIpc) is 2.96. The number of carbonyl (C=O) groups is 1. The highest BCUT2D eigenvalue weighted by Gasteiger charge is 2.48. The molecule has 4 heterocycles. The molecule has 0 bridgehead atoms. The number of carbonyl (C=O) groups excluding carboxylic acids is 1. The van der Waals surface area contributed by atoms with Crippen molar-refractivity contribution in [1.82, 2.24) is 19.4 Å². The molecule has 1 fully saturated rings. The molecule has 2 amide bonds. The Morgan fingerprint density at radius 3 is 2.49 bits per heavy atom. The molecule has 0 saturated carbocycles. The van der Waals surface area contributed by atoms with Crippen LogP contribution < -0.4 is 15.0 Å². The molecule has 12 heteroatoms. The van der Waals surface area contributed by atoms with E-state index in [4.69, 9.17) is 29.4 Å². The van der Waals surface area contributed by atoms with Crippen LogP contribution in [0.5, 0.6) is 5.75 Å². The van der Waals surface area contributed by atoms with E-state index in [1.165, 1.54) is 6.20 Å². The number of ether oxygens (including phenoxy) is 3. The van der Waals surface area contributed by atoms with Gasteiger partial charge in [0.1, 0.15) is 35.7 Å². The summed E-state index contributed by atoms with van der Waals surface area (Å²) in [6.45, 7) is 13.5. The molecule has 11 nitrogen and oxygen atoms in total. The Morgan fingerprint density at radius 2 is 1.91 bits per heavy atom. The second kappa shape index (κ2) is 13.0. The van der Waals surface area contributed by atoms with Gasteiger partial charge in [0, 0.05) is 44.9 Å². The number of fused-ring (bicyclic) bond motifs is 1. The lowest BCUT2D eigenvalue weighted by atomic mass is 9.99. The van der Waals surface area contributed by atoms with E-state index in [0.29, 0.717) is 54.6 Å². The lowest BCUT2D eigenvalue weighted by Crippen LogP contribution is -2.56. The van der Waals surface area contributed by atoms with Gasteiger partial charge in [-0.05, 0) is 50.5 Å². The summed E-state index contributed by atoms with van der Waals surface area (Å²) in [4.78, 5) is 25.5. The number of amides is 2. The van der Waals surface area contributed by atoms with Gasteiger partial charge in [0.25, 0.3) is 0 Å². The number of urea groups is 1. The fourth-order valence-corrected chi connectivity index (χ4v) is 6.45. The first-order valence-corrected chi connectivity index (χ1v) is 17.8. The second-order valence-electron chi connectivity index (χ2n) is 13.1. The predicted molar refractivity (Wildman–Crippen MR) is 167 cm³/mol. The van der Waals surface area contributed by atoms with E-state index in [1.807, 2.05) is 6.07 Å². The zero-order chi connectivity index (χ0) is 31.6. The van der Waals surface area contributed by atoms with Crippen LogP contribution in [0.3, 0.4) is 0 Å². The monoisotopic (exact) mass is 611 g/mol. The van der Waals surface area contributed by atoms with Crippen molar-refractivity contribution in [3.05, 3.63) is 40.7 Å². The number of methoxy groups -OCH3 is 2. The molecule has 2 aromatic rings. The molecule has 1 saturated heterocycles. The Labute approximate surface area is 256 Å². The summed E-state index contributed by atoms with van der Waals surface area (Å²) in [5.41, 5.74) is 8.80. The van der Waals surface area contributed by atoms with Crippen LogP contribution in [-0.4, -0.2) is 76.2 Å². The number of hydrogen-bond donors (Lipinski definition) is 1. The lowest BCUT2D eigenvalue weighted by Gasteiger charge is -2.38. The third-order valence-electron chi connectivity index (χ3n) is 9.24. The lowest BCUT2D eigenvalue weighted by molar-refractivity contribution is -0.109. The van der Waals surface area contributed by atoms with Gasteiger partial charge < -0.3 is 29.3 Å². The van der Waals surface area contributed by atoms with Crippen LogP contribution >= 0.6 is 0 Å². The number of aromatic nitrogens is 2. The molecule has 234 valence electrons. The highest BCUT2D eigenvalue weighted by molar-refractivity contribution is 6.74. The maximum atomic E-state index is 13.5. The molecule has 4 rings (SSSR count). The van der Waals surface area contributed by atoms with E-state index < -0.39 is 25.1 Å². The smallest absolute Gasteiger partial charge is 0.426 e. The van der Waals surface area contributed by atoms with E-state index in [-0.39, 0.29) is 11.1 Å². The van der Waals surface area contributed by atoms with Crippen LogP contribution in [0.15, 0.2) is 18.3 Å². The summed E-state index contributed by atoms with van der Waals surface area (Å²) in [6, 6.07) is 5.31. The summed E-state index contributed by atoms with van der Waals surface area (Å²) in [5, 5.41) is 9.87. The van der Waals surface area contributed by atoms with E-state index in [0.717, 1.165) is 37.1 Å². The minimum Gasteiger partial charge on any atom is -0.489 e. The Balaban J connectivity index is 1.82. The first-order chi connectivity index (χ1) is 20.3. The second-order valence-corrected chi connectivity index (χ2v) is 17.9. The van der Waals surface area contributed by atoms with E-state index in [2.05, 4.69) is 56.9 Å². The molecule has 2 aliphatic heterocycles. The Hall–Kier alpha value is -2.92. The maximum Gasteiger partial charge on any atom is 0.426 e. The van der Waals surface area contributed by atoms with Gasteiger partial charge in [0.2, 0.25) is 17.9 Å². The van der Waals surface area contributed by atoms with Crippen LogP contribution in [0, 0.1) is 11.3 Å². The predicted octanol–water partition coefficient (Wildman–Crippen LogP) is 5.30. The van der Waals surface area contributed by atoms with Gasteiger partial charge in [-0.2, -0.15) is 10.2 Å². The summed E-state index contributed by atoms with van der Waals surface area (Å²) < 4.78 is 23.9. The topological polar surface area (TPSA) is 133 Å². The van der Waals surface area contributed by atoms with Crippen molar-refractivity contribution in [3.8, 4) is 11.8 Å². The van der Waals surface area contributed by atoms with Gasteiger partial charge in [-0.3, -0.25) is 0 Å². The van der Waals surface area contributed by atoms with E-state index >= 15 is 0 Å². The molecule has 0 radical (unpaired) electrons. The summed E-state index contributed by atoms with van der Waals surface area (Å²) >= 11 is 0. The van der Waals surface area contributed by atoms with E-state index in [1.54, 1.807) is 20.3 Å². The molecular formula is C31H47N6O5Si+. The number of rotatable bonds is 9. The quantitative estimate of drug-likeness (QED) is 0.228. The van der Waals surface area contributed by atoms with Crippen molar-refractivity contribution in [2.24, 2.45) is 5.73 Å². The van der Waals surface area contributed by atoms with E-state index in [9.17, 15) is 10.1 Å². The SMILES string of the molecule is COC(OC)c1nc2c(cc1CO[Si](C)(C)C(C)(C)C)CCC[N+]2(C(N)=O)c1cc(OC2CCN(C)CC2)c(C#N)cn1. The number of aryl methyl sites for hydroxylation is 1. The number of nitrogens with zero attached hydrogens (tertiary/aromatic N) is 5. The molecule has 2 aromatic heterocycles. The summed E-state index contributed by atoms with van der Waals surface area (Å²) in [7, 11) is 3.11. The first-order valence-electron chi connectivity index (χ1n) is 14.9. The minimum atomic E-state index is -2.08. The number of hydrogen-bond acceptors (Lipinski definition) is 9. The fourth-order valence-electron chi connectivity index (χ4n) is 5.50. The molecule has 43 heavy (non-hydrogen) atoms. The van der Waals surface area contributed by atoms with Gasteiger partial charge in [0.15, 0.2) is 8.32 Å². The van der Waals surface area contributed by atoms with Crippen molar-refractivity contribution in [1.29, 1.82) is 5.26 Å². The number of pyridine rings is 2. The Bertz CT molecular complexity index is 1360. The van der Waals surface area contributed by atoms with Gasteiger partial charge in [0.05, 0.1) is 18.9 Å². The Morgan fingerprint density at radius 1 is 1.23 bits per heavy atom. The third kappa shape index (κ3) is 6.62.